The van der Waals surface area contributed by atoms with Gasteiger partial charge in [-0.2, -0.15) is 0 Å². The molecule has 4 heteroatoms. The Morgan fingerprint density at radius 1 is 1.39 bits per heavy atom. The Morgan fingerprint density at radius 2 is 2.22 bits per heavy atom. The molecule has 1 N–H and O–H groups in total. The van der Waals surface area contributed by atoms with Gasteiger partial charge in [-0.05, 0) is 12.0 Å². The van der Waals surface area contributed by atoms with E-state index in [-0.39, 0.29) is 6.04 Å². The van der Waals surface area contributed by atoms with Crippen LogP contribution in [0, 0.1) is 5.92 Å². The lowest BCUT2D eigenvalue weighted by Gasteiger charge is -2.15. The highest BCUT2D eigenvalue weighted by Crippen LogP contribution is 2.33. The van der Waals surface area contributed by atoms with Gasteiger partial charge in [-0.15, -0.1) is 0 Å². The van der Waals surface area contributed by atoms with E-state index < -0.39 is 0 Å². The number of rotatable bonds is 2. The number of ether oxygens (including phenoxy) is 1. The molecule has 0 spiro atoms. The number of nitrogens with zero attached hydrogens (tertiary/aromatic N) is 1. The molecule has 0 aromatic heterocycles. The highest BCUT2D eigenvalue weighted by Gasteiger charge is 2.28. The van der Waals surface area contributed by atoms with E-state index in [4.69, 9.17) is 4.74 Å². The molecule has 96 valence electrons. The number of aliphatic imine (C=N–C) groups is 1. The number of hydrogen-bond acceptors (Lipinski definition) is 4. The molecule has 1 aromatic carbocycles. The molecule has 2 aliphatic rings. The fourth-order valence-corrected chi connectivity index (χ4v) is 3.32. The van der Waals surface area contributed by atoms with Crippen LogP contribution in [0.2, 0.25) is 0 Å². The first-order valence-electron chi connectivity index (χ1n) is 6.43. The minimum absolute atomic E-state index is 0.248. The second-order valence-electron chi connectivity index (χ2n) is 5.09. The van der Waals surface area contributed by atoms with Gasteiger partial charge < -0.3 is 10.1 Å². The lowest BCUT2D eigenvalue weighted by Crippen LogP contribution is -2.27. The number of amidine groups is 1. The summed E-state index contributed by atoms with van der Waals surface area (Å²) in [6.45, 7) is 6.14. The van der Waals surface area contributed by atoms with Crippen LogP contribution in [-0.4, -0.2) is 23.6 Å². The van der Waals surface area contributed by atoms with Crippen molar-refractivity contribution in [3.8, 4) is 5.75 Å². The van der Waals surface area contributed by atoms with Crippen LogP contribution in [0.25, 0.3) is 0 Å². The van der Waals surface area contributed by atoms with Crippen molar-refractivity contribution in [1.29, 1.82) is 0 Å². The van der Waals surface area contributed by atoms with Gasteiger partial charge in [0, 0.05) is 10.8 Å². The largest absolute Gasteiger partial charge is 0.491 e. The first-order valence-corrected chi connectivity index (χ1v) is 7.31. The molecular formula is C14H18N2OS. The Labute approximate surface area is 112 Å². The van der Waals surface area contributed by atoms with Crippen LogP contribution < -0.4 is 10.1 Å². The number of nitrogens with one attached hydrogen (secondary N) is 1. The van der Waals surface area contributed by atoms with Crippen LogP contribution in [0.3, 0.4) is 0 Å². The first kappa shape index (κ1) is 11.9. The molecule has 0 amide bonds. The third-order valence-electron chi connectivity index (χ3n) is 3.42. The highest BCUT2D eigenvalue weighted by molar-refractivity contribution is 8.14. The SMILES string of the molecule is CC(C)C1CN=C(NC2COc3ccccc32)S1. The maximum atomic E-state index is 5.67. The molecule has 0 aliphatic carbocycles. The van der Waals surface area contributed by atoms with Crippen molar-refractivity contribution in [2.75, 3.05) is 13.2 Å². The summed E-state index contributed by atoms with van der Waals surface area (Å²) in [6.07, 6.45) is 0. The molecule has 1 aromatic rings. The standard InChI is InChI=1S/C14H18N2OS/c1-9(2)13-7-15-14(18-13)16-11-8-17-12-6-4-3-5-10(11)12/h3-6,9,11,13H,7-8H2,1-2H3,(H,15,16). The van der Waals surface area contributed by atoms with E-state index in [9.17, 15) is 0 Å². The summed E-state index contributed by atoms with van der Waals surface area (Å²) in [5.41, 5.74) is 1.24. The summed E-state index contributed by atoms with van der Waals surface area (Å²) in [7, 11) is 0. The highest BCUT2D eigenvalue weighted by atomic mass is 32.2. The maximum absolute atomic E-state index is 5.67. The quantitative estimate of drug-likeness (QED) is 0.890. The zero-order chi connectivity index (χ0) is 12.5. The molecule has 2 heterocycles. The molecule has 2 atom stereocenters. The lowest BCUT2D eigenvalue weighted by molar-refractivity contribution is 0.325. The van der Waals surface area contributed by atoms with Gasteiger partial charge in [-0.3, -0.25) is 4.99 Å². The maximum Gasteiger partial charge on any atom is 0.157 e. The zero-order valence-corrected chi connectivity index (χ0v) is 11.5. The number of thioether (sulfide) groups is 1. The fourth-order valence-electron chi connectivity index (χ4n) is 2.25. The van der Waals surface area contributed by atoms with Crippen molar-refractivity contribution in [2.45, 2.75) is 25.1 Å². The van der Waals surface area contributed by atoms with E-state index in [2.05, 4.69) is 36.3 Å². The third kappa shape index (κ3) is 2.21. The van der Waals surface area contributed by atoms with Gasteiger partial charge in [0.15, 0.2) is 5.17 Å². The Kier molecular flexibility index (Phi) is 3.20. The molecule has 18 heavy (non-hydrogen) atoms. The van der Waals surface area contributed by atoms with Crippen molar-refractivity contribution >= 4 is 16.9 Å². The summed E-state index contributed by atoms with van der Waals surface area (Å²) in [5.74, 6) is 1.67. The topological polar surface area (TPSA) is 33.6 Å². The Hall–Kier alpha value is -1.16. The average molecular weight is 262 g/mol. The van der Waals surface area contributed by atoms with Gasteiger partial charge in [0.05, 0.1) is 12.6 Å². The minimum Gasteiger partial charge on any atom is -0.491 e. The molecule has 0 saturated heterocycles. The molecule has 2 aliphatic heterocycles. The summed E-state index contributed by atoms with van der Waals surface area (Å²) in [4.78, 5) is 4.59. The van der Waals surface area contributed by atoms with Crippen LogP contribution in [0.15, 0.2) is 29.3 Å². The Balaban J connectivity index is 1.66. The predicted molar refractivity (Wildman–Crippen MR) is 76.3 cm³/mol. The van der Waals surface area contributed by atoms with Crippen molar-refractivity contribution in [1.82, 2.24) is 5.32 Å². The molecule has 0 bridgehead atoms. The van der Waals surface area contributed by atoms with Gasteiger partial charge in [-0.25, -0.2) is 0 Å². The Morgan fingerprint density at radius 3 is 3.00 bits per heavy atom. The van der Waals surface area contributed by atoms with Crippen molar-refractivity contribution in [2.24, 2.45) is 10.9 Å². The van der Waals surface area contributed by atoms with Crippen molar-refractivity contribution in [3.05, 3.63) is 29.8 Å². The van der Waals surface area contributed by atoms with E-state index in [1.807, 2.05) is 23.9 Å². The first-order chi connectivity index (χ1) is 8.74. The van der Waals surface area contributed by atoms with Crippen molar-refractivity contribution in [3.63, 3.8) is 0 Å². The summed E-state index contributed by atoms with van der Waals surface area (Å²) < 4.78 is 5.67. The number of hydrogen-bond donors (Lipinski definition) is 1. The third-order valence-corrected chi connectivity index (χ3v) is 4.89. The number of fused-ring (bicyclic) bond motifs is 1. The second kappa shape index (κ2) is 4.84. The smallest absolute Gasteiger partial charge is 0.157 e. The molecule has 3 rings (SSSR count). The molecular weight excluding hydrogens is 244 g/mol. The lowest BCUT2D eigenvalue weighted by atomic mass is 10.1. The van der Waals surface area contributed by atoms with Crippen LogP contribution in [0.1, 0.15) is 25.5 Å². The number of para-hydroxylation sites is 1. The summed E-state index contributed by atoms with van der Waals surface area (Å²) in [6, 6.07) is 8.47. The number of benzene rings is 1. The fraction of sp³-hybridized carbons (Fsp3) is 0.500. The van der Waals surface area contributed by atoms with Gasteiger partial charge >= 0.3 is 0 Å². The zero-order valence-electron chi connectivity index (χ0n) is 10.7. The van der Waals surface area contributed by atoms with Crippen LogP contribution >= 0.6 is 11.8 Å². The van der Waals surface area contributed by atoms with Crippen molar-refractivity contribution < 1.29 is 4.74 Å². The predicted octanol–water partition coefficient (Wildman–Crippen LogP) is 2.84. The van der Waals surface area contributed by atoms with Crippen LogP contribution in [0.4, 0.5) is 0 Å². The van der Waals surface area contributed by atoms with E-state index in [1.54, 1.807) is 0 Å². The normalized spacial score (nSPS) is 25.8. The monoisotopic (exact) mass is 262 g/mol. The van der Waals surface area contributed by atoms with E-state index in [0.29, 0.717) is 17.8 Å². The molecule has 0 fully saturated rings. The molecule has 0 saturated carbocycles. The van der Waals surface area contributed by atoms with E-state index in [0.717, 1.165) is 17.5 Å². The summed E-state index contributed by atoms with van der Waals surface area (Å²) in [5, 5.41) is 5.19. The van der Waals surface area contributed by atoms with E-state index >= 15 is 0 Å². The molecule has 0 radical (unpaired) electrons. The van der Waals surface area contributed by atoms with Gasteiger partial charge in [0.25, 0.3) is 0 Å². The van der Waals surface area contributed by atoms with Crippen LogP contribution in [0.5, 0.6) is 5.75 Å². The Bertz CT molecular complexity index is 473. The van der Waals surface area contributed by atoms with Gasteiger partial charge in [-0.1, -0.05) is 43.8 Å². The molecule has 2 unspecified atom stereocenters. The van der Waals surface area contributed by atoms with Gasteiger partial charge in [0.1, 0.15) is 12.4 Å². The van der Waals surface area contributed by atoms with Crippen LogP contribution in [-0.2, 0) is 0 Å². The average Bonchev–Trinajstić information content (AvgIpc) is 2.98. The minimum atomic E-state index is 0.248. The summed E-state index contributed by atoms with van der Waals surface area (Å²) >= 11 is 1.86. The second-order valence-corrected chi connectivity index (χ2v) is 6.32. The van der Waals surface area contributed by atoms with Gasteiger partial charge in [0.2, 0.25) is 0 Å². The molecule has 3 nitrogen and oxygen atoms in total. The van der Waals surface area contributed by atoms with E-state index in [1.165, 1.54) is 5.56 Å².